The summed E-state index contributed by atoms with van der Waals surface area (Å²) in [4.78, 5) is 39.2. The van der Waals surface area contributed by atoms with E-state index in [-0.39, 0.29) is 29.2 Å². The number of amides is 3. The Morgan fingerprint density at radius 3 is 2.31 bits per heavy atom. The van der Waals surface area contributed by atoms with Gasteiger partial charge in [-0.2, -0.15) is 0 Å². The van der Waals surface area contributed by atoms with E-state index >= 15 is 0 Å². The average molecular weight is 458 g/mol. The number of hydrogen-bond acceptors (Lipinski definition) is 5. The number of nitrogens with two attached hydrogens (primary N) is 1. The molecule has 172 valence electrons. The quantitative estimate of drug-likeness (QED) is 0.652. The van der Waals surface area contributed by atoms with Crippen LogP contribution < -0.4 is 11.1 Å². The third-order valence-corrected chi connectivity index (χ3v) is 6.87. The van der Waals surface area contributed by atoms with Gasteiger partial charge in [0.1, 0.15) is 5.00 Å². The van der Waals surface area contributed by atoms with Crippen molar-refractivity contribution in [3.63, 3.8) is 0 Å². The van der Waals surface area contributed by atoms with Gasteiger partial charge in [-0.3, -0.25) is 10.1 Å². The number of nitrogens with zero attached hydrogens (tertiary/aromatic N) is 1. The van der Waals surface area contributed by atoms with Gasteiger partial charge in [0, 0.05) is 13.1 Å². The summed E-state index contributed by atoms with van der Waals surface area (Å²) >= 11 is 1.33. The van der Waals surface area contributed by atoms with Gasteiger partial charge in [-0.25, -0.2) is 9.59 Å². The zero-order valence-corrected chi connectivity index (χ0v) is 19.8. The van der Waals surface area contributed by atoms with E-state index in [0.29, 0.717) is 36.5 Å². The predicted octanol–water partition coefficient (Wildman–Crippen LogP) is 4.35. The number of esters is 1. The summed E-state index contributed by atoms with van der Waals surface area (Å²) in [5.74, 6) is -1.08. The number of methoxy groups -OCH3 is 1. The summed E-state index contributed by atoms with van der Waals surface area (Å²) in [6, 6.07) is 9.30. The number of hydrogen-bond donors (Lipinski definition) is 2. The molecule has 0 bridgehead atoms. The van der Waals surface area contributed by atoms with Crippen molar-refractivity contribution in [3.05, 3.63) is 52.4 Å². The maximum Gasteiger partial charge on any atom is 0.341 e. The number of anilines is 1. The van der Waals surface area contributed by atoms with Crippen LogP contribution in [0.3, 0.4) is 0 Å². The largest absolute Gasteiger partial charge is 0.465 e. The molecule has 1 aromatic carbocycles. The van der Waals surface area contributed by atoms with Gasteiger partial charge in [-0.05, 0) is 40.7 Å². The summed E-state index contributed by atoms with van der Waals surface area (Å²) in [7, 11) is 1.34. The van der Waals surface area contributed by atoms with Gasteiger partial charge < -0.3 is 15.4 Å². The standard InChI is InChI=1S/C24H31N3O4S/c1-24(2,3)17-14-32-21(19(17)22(29)31-4)26-23(30)27-12-10-16(11-13-27)18(20(25)28)15-8-6-5-7-9-15/h5-9,14,16,18H,10-13H2,1-4H3,(H2,25,28)(H,26,30). The van der Waals surface area contributed by atoms with Crippen molar-refractivity contribution in [2.75, 3.05) is 25.5 Å². The number of benzene rings is 1. The fraction of sp³-hybridized carbons (Fsp3) is 0.458. The zero-order chi connectivity index (χ0) is 23.5. The molecule has 0 saturated carbocycles. The van der Waals surface area contributed by atoms with Crippen molar-refractivity contribution >= 4 is 34.2 Å². The van der Waals surface area contributed by atoms with E-state index in [1.165, 1.54) is 18.4 Å². The number of primary amides is 1. The van der Waals surface area contributed by atoms with Crippen molar-refractivity contribution in [1.29, 1.82) is 0 Å². The average Bonchev–Trinajstić information content (AvgIpc) is 3.18. The van der Waals surface area contributed by atoms with E-state index in [0.717, 1.165) is 11.1 Å². The molecule has 8 heteroatoms. The van der Waals surface area contributed by atoms with E-state index in [9.17, 15) is 14.4 Å². The van der Waals surface area contributed by atoms with Crippen LogP contribution in [0.2, 0.25) is 0 Å². The first-order valence-electron chi connectivity index (χ1n) is 10.7. The first-order valence-corrected chi connectivity index (χ1v) is 11.6. The van der Waals surface area contributed by atoms with E-state index < -0.39 is 5.97 Å². The van der Waals surface area contributed by atoms with E-state index in [1.807, 2.05) is 56.5 Å². The number of likely N-dealkylation sites (tertiary alicyclic amines) is 1. The molecule has 32 heavy (non-hydrogen) atoms. The highest BCUT2D eigenvalue weighted by molar-refractivity contribution is 7.15. The lowest BCUT2D eigenvalue weighted by Crippen LogP contribution is -2.43. The molecular weight excluding hydrogens is 426 g/mol. The van der Waals surface area contributed by atoms with Crippen LogP contribution in [0.25, 0.3) is 0 Å². The normalized spacial score (nSPS) is 15.8. The molecule has 7 nitrogen and oxygen atoms in total. The topological polar surface area (TPSA) is 102 Å². The SMILES string of the molecule is COC(=O)c1c(C(C)(C)C)csc1NC(=O)N1CCC(C(C(N)=O)c2ccccc2)CC1. The monoisotopic (exact) mass is 457 g/mol. The van der Waals surface area contributed by atoms with Crippen molar-refractivity contribution in [3.8, 4) is 0 Å². The van der Waals surface area contributed by atoms with Crippen molar-refractivity contribution in [2.45, 2.75) is 44.9 Å². The van der Waals surface area contributed by atoms with Crippen LogP contribution in [0.1, 0.15) is 61.0 Å². The number of carbonyl (C=O) groups is 3. The molecule has 2 heterocycles. The van der Waals surface area contributed by atoms with E-state index in [4.69, 9.17) is 10.5 Å². The first-order chi connectivity index (χ1) is 15.1. The number of urea groups is 1. The van der Waals surface area contributed by atoms with Crippen LogP contribution in [0.4, 0.5) is 9.80 Å². The summed E-state index contributed by atoms with van der Waals surface area (Å²) in [6.07, 6.45) is 1.36. The number of ether oxygens (including phenoxy) is 1. The highest BCUT2D eigenvalue weighted by Crippen LogP contribution is 2.37. The lowest BCUT2D eigenvalue weighted by Gasteiger charge is -2.35. The minimum absolute atomic E-state index is 0.0822. The molecule has 1 aliphatic heterocycles. The summed E-state index contributed by atoms with van der Waals surface area (Å²) in [5.41, 5.74) is 7.62. The number of rotatable bonds is 5. The van der Waals surface area contributed by atoms with E-state index in [2.05, 4.69) is 5.32 Å². The summed E-state index contributed by atoms with van der Waals surface area (Å²) in [6.45, 7) is 7.07. The van der Waals surface area contributed by atoms with E-state index in [1.54, 1.807) is 4.90 Å². The lowest BCUT2D eigenvalue weighted by molar-refractivity contribution is -0.121. The zero-order valence-electron chi connectivity index (χ0n) is 19.0. The molecule has 2 aromatic rings. The predicted molar refractivity (Wildman–Crippen MR) is 126 cm³/mol. The smallest absolute Gasteiger partial charge is 0.341 e. The Labute approximate surface area is 192 Å². The van der Waals surface area contributed by atoms with Crippen LogP contribution in [0.15, 0.2) is 35.7 Å². The van der Waals surface area contributed by atoms with Crippen molar-refractivity contribution < 1.29 is 19.1 Å². The molecule has 3 N–H and O–H groups in total. The van der Waals surface area contributed by atoms with Gasteiger partial charge in [-0.15, -0.1) is 11.3 Å². The maximum atomic E-state index is 12.9. The Morgan fingerprint density at radius 1 is 1.16 bits per heavy atom. The molecule has 1 saturated heterocycles. The first kappa shape index (κ1) is 23.8. The minimum atomic E-state index is -0.461. The van der Waals surface area contributed by atoms with Gasteiger partial charge in [0.2, 0.25) is 5.91 Å². The Hall–Kier alpha value is -2.87. The summed E-state index contributed by atoms with van der Waals surface area (Å²) in [5, 5.41) is 5.29. The van der Waals surface area contributed by atoms with Crippen LogP contribution in [0, 0.1) is 5.92 Å². The van der Waals surface area contributed by atoms with Gasteiger partial charge >= 0.3 is 12.0 Å². The number of carbonyl (C=O) groups excluding carboxylic acids is 3. The number of nitrogens with one attached hydrogen (secondary N) is 1. The van der Waals surface area contributed by atoms with Crippen molar-refractivity contribution in [2.24, 2.45) is 11.7 Å². The third kappa shape index (κ3) is 5.12. The lowest BCUT2D eigenvalue weighted by atomic mass is 9.79. The molecule has 1 unspecified atom stereocenters. The van der Waals surface area contributed by atoms with Crippen LogP contribution in [-0.4, -0.2) is 43.0 Å². The molecule has 1 atom stereocenters. The van der Waals surface area contributed by atoms with Crippen molar-refractivity contribution in [1.82, 2.24) is 4.90 Å². The summed E-state index contributed by atoms with van der Waals surface area (Å²) < 4.78 is 4.96. The minimum Gasteiger partial charge on any atom is -0.465 e. The second-order valence-electron chi connectivity index (χ2n) is 9.14. The number of piperidine rings is 1. The maximum absolute atomic E-state index is 12.9. The Balaban J connectivity index is 1.70. The molecule has 0 radical (unpaired) electrons. The van der Waals surface area contributed by atoms with Crippen LogP contribution in [0.5, 0.6) is 0 Å². The Morgan fingerprint density at radius 2 is 1.78 bits per heavy atom. The molecule has 1 aliphatic rings. The van der Waals surface area contributed by atoms with Gasteiger partial charge in [0.25, 0.3) is 0 Å². The third-order valence-electron chi connectivity index (χ3n) is 5.97. The van der Waals surface area contributed by atoms with Crippen LogP contribution >= 0.6 is 11.3 Å². The number of thiophene rings is 1. The fourth-order valence-corrected chi connectivity index (χ4v) is 5.41. The molecular formula is C24H31N3O4S. The molecule has 3 rings (SSSR count). The molecule has 3 amide bonds. The molecule has 1 fully saturated rings. The highest BCUT2D eigenvalue weighted by atomic mass is 32.1. The second kappa shape index (κ2) is 9.73. The Kier molecular flexibility index (Phi) is 7.23. The second-order valence-corrected chi connectivity index (χ2v) is 10.0. The van der Waals surface area contributed by atoms with Gasteiger partial charge in [0.15, 0.2) is 0 Å². The molecule has 0 aliphatic carbocycles. The van der Waals surface area contributed by atoms with Crippen LogP contribution in [-0.2, 0) is 14.9 Å². The van der Waals surface area contributed by atoms with Gasteiger partial charge in [0.05, 0.1) is 18.6 Å². The molecule has 1 aromatic heterocycles. The fourth-order valence-electron chi connectivity index (χ4n) is 4.25. The highest BCUT2D eigenvalue weighted by Gasteiger charge is 2.34. The molecule has 0 spiro atoms. The van der Waals surface area contributed by atoms with Gasteiger partial charge in [-0.1, -0.05) is 51.1 Å². The Bertz CT molecular complexity index is 973.